The standard InChI is InChI=1S/C43H63BrN4O9S2/c1-28-9-7-13-41(52)57-35(21-30(3)44)24-40-47-36(27-59-40)29(2)20-33(23-42(53)56-31(4)19-28)46-25-34(49)10-8-15-54-17-18-55-16-14-45-38(50)12-6-5-11-37-43-32(26-58-37)22-39(51)48-43/h7,9,13,21,27,29,31-33,35,37,43,46H,5-6,8,10-12,14-20,22-26H2,1-4H3,(H,45,50)(H,48,51)/b13-7-,28-9+,30-21+/t29-,31-,32-,33?,35+,37-,43-/m0/s1. The topological polar surface area (TPSA) is 171 Å². The highest BCUT2D eigenvalue weighted by Crippen LogP contribution is 2.39. The minimum absolute atomic E-state index is 0.0155. The third-order valence-electron chi connectivity index (χ3n) is 10.4. The molecule has 7 atom stereocenters. The van der Waals surface area contributed by atoms with Gasteiger partial charge in [0.25, 0.3) is 0 Å². The molecule has 2 bridgehead atoms. The van der Waals surface area contributed by atoms with Gasteiger partial charge in [0.2, 0.25) is 11.8 Å². The van der Waals surface area contributed by atoms with Crippen LogP contribution in [0.4, 0.5) is 0 Å². The van der Waals surface area contributed by atoms with Crippen LogP contribution in [0.1, 0.15) is 109 Å². The first-order chi connectivity index (χ1) is 28.3. The SMILES string of the molecule is C/C(Br)=C\[C@@H]1Cc2nc(cs2)[C@@H](C)CC(NCC(=O)CCCOCCOCCNC(=O)CCCC[C@@H]2SC[C@@H]3CC(=O)N[C@@H]32)CC(=O)O[C@@H](C)C/C(C)=C/C=C\C(=O)O1. The van der Waals surface area contributed by atoms with Crippen molar-refractivity contribution in [3.05, 3.63) is 50.4 Å². The van der Waals surface area contributed by atoms with E-state index in [9.17, 15) is 24.0 Å². The van der Waals surface area contributed by atoms with Crippen molar-refractivity contribution in [1.82, 2.24) is 20.9 Å². The van der Waals surface area contributed by atoms with Crippen LogP contribution >= 0.6 is 39.0 Å². The molecule has 0 aromatic carbocycles. The normalized spacial score (nSPS) is 27.3. The van der Waals surface area contributed by atoms with E-state index in [2.05, 4.69) is 38.8 Å². The Morgan fingerprint density at radius 3 is 2.61 bits per heavy atom. The lowest BCUT2D eigenvalue weighted by Crippen LogP contribution is -2.37. The fraction of sp³-hybridized carbons (Fsp3) is 0.674. The molecule has 4 heterocycles. The van der Waals surface area contributed by atoms with Gasteiger partial charge in [-0.25, -0.2) is 9.78 Å². The van der Waals surface area contributed by atoms with E-state index < -0.39 is 12.1 Å². The van der Waals surface area contributed by atoms with Gasteiger partial charge in [-0.2, -0.15) is 11.8 Å². The molecule has 0 radical (unpaired) electrons. The number of carbonyl (C=O) groups excluding carboxylic acids is 5. The number of hydrogen-bond acceptors (Lipinski definition) is 13. The van der Waals surface area contributed by atoms with Crippen molar-refractivity contribution >= 4 is 68.6 Å². The molecule has 59 heavy (non-hydrogen) atoms. The second kappa shape index (κ2) is 26.4. The number of Topliss-reactive ketones (excluding diaryl/α,β-unsaturated/α-hetero) is 1. The van der Waals surface area contributed by atoms with Crippen molar-refractivity contribution in [3.8, 4) is 0 Å². The van der Waals surface area contributed by atoms with E-state index in [0.29, 0.717) is 95.1 Å². The lowest BCUT2D eigenvalue weighted by molar-refractivity contribution is -0.149. The molecule has 0 spiro atoms. The predicted octanol–water partition coefficient (Wildman–Crippen LogP) is 6.26. The number of ether oxygens (including phenoxy) is 4. The Bertz CT molecular complexity index is 1630. The summed E-state index contributed by atoms with van der Waals surface area (Å²) in [5, 5.41) is 12.6. The van der Waals surface area contributed by atoms with E-state index in [0.717, 1.165) is 45.8 Å². The van der Waals surface area contributed by atoms with Crippen molar-refractivity contribution in [2.24, 2.45) is 5.92 Å². The Hall–Kier alpha value is -2.89. The third-order valence-corrected chi connectivity index (χ3v) is 13.1. The van der Waals surface area contributed by atoms with E-state index >= 15 is 0 Å². The van der Waals surface area contributed by atoms with Crippen LogP contribution in [0.15, 0.2) is 39.7 Å². The van der Waals surface area contributed by atoms with E-state index in [1.54, 1.807) is 6.08 Å². The molecular formula is C43H63BrN4O9S2. The largest absolute Gasteiger partial charge is 0.462 e. The van der Waals surface area contributed by atoms with Crippen molar-refractivity contribution in [3.63, 3.8) is 0 Å². The average molecular weight is 924 g/mol. The molecule has 4 rings (SSSR count). The smallest absolute Gasteiger partial charge is 0.331 e. The van der Waals surface area contributed by atoms with Gasteiger partial charge in [-0.1, -0.05) is 47.0 Å². The Kier molecular flexibility index (Phi) is 21.9. The quantitative estimate of drug-likeness (QED) is 0.105. The molecule has 0 aliphatic carbocycles. The number of cyclic esters (lactones) is 2. The van der Waals surface area contributed by atoms with Gasteiger partial charge in [0.15, 0.2) is 0 Å². The summed E-state index contributed by atoms with van der Waals surface area (Å²) in [6.45, 7) is 9.86. The maximum atomic E-state index is 13.1. The molecule has 1 aromatic rings. The van der Waals surface area contributed by atoms with Crippen LogP contribution in [-0.4, -0.2) is 109 Å². The number of fused-ring (bicyclic) bond motifs is 3. The molecule has 13 nitrogen and oxygen atoms in total. The molecule has 2 fully saturated rings. The zero-order valence-electron chi connectivity index (χ0n) is 35.0. The molecule has 1 aromatic heterocycles. The van der Waals surface area contributed by atoms with Gasteiger partial charge < -0.3 is 34.9 Å². The van der Waals surface area contributed by atoms with Crippen LogP contribution in [-0.2, 0) is 49.3 Å². The number of esters is 2. The van der Waals surface area contributed by atoms with Gasteiger partial charge in [0.05, 0.1) is 43.5 Å². The number of rotatable bonds is 19. The van der Waals surface area contributed by atoms with Crippen LogP contribution in [0, 0.1) is 5.92 Å². The first-order valence-corrected chi connectivity index (χ1v) is 23.7. The fourth-order valence-electron chi connectivity index (χ4n) is 7.43. The summed E-state index contributed by atoms with van der Waals surface area (Å²) in [6.07, 6.45) is 12.3. The van der Waals surface area contributed by atoms with Gasteiger partial charge in [-0.3, -0.25) is 19.2 Å². The van der Waals surface area contributed by atoms with Gasteiger partial charge in [-0.15, -0.1) is 11.3 Å². The number of halogens is 1. The molecule has 2 saturated heterocycles. The highest BCUT2D eigenvalue weighted by atomic mass is 79.9. The average Bonchev–Trinajstić information content (AvgIpc) is 3.88. The van der Waals surface area contributed by atoms with Crippen molar-refractivity contribution < 1.29 is 42.9 Å². The summed E-state index contributed by atoms with van der Waals surface area (Å²) in [6, 6.07) is 0.00138. The summed E-state index contributed by atoms with van der Waals surface area (Å²) in [4.78, 5) is 67.2. The Balaban J connectivity index is 1.11. The maximum Gasteiger partial charge on any atom is 0.331 e. The zero-order valence-corrected chi connectivity index (χ0v) is 38.2. The highest BCUT2D eigenvalue weighted by Gasteiger charge is 2.42. The molecule has 328 valence electrons. The first kappa shape index (κ1) is 48.8. The van der Waals surface area contributed by atoms with Gasteiger partial charge in [0, 0.05) is 80.0 Å². The second-order valence-electron chi connectivity index (χ2n) is 15.8. The number of amides is 2. The van der Waals surface area contributed by atoms with Gasteiger partial charge >= 0.3 is 11.9 Å². The third kappa shape index (κ3) is 19.1. The van der Waals surface area contributed by atoms with E-state index in [1.807, 2.05) is 50.1 Å². The molecule has 2 amide bonds. The molecular weight excluding hydrogens is 861 g/mol. The van der Waals surface area contributed by atoms with E-state index in [1.165, 1.54) is 17.4 Å². The number of carbonyl (C=O) groups is 5. The first-order valence-electron chi connectivity index (χ1n) is 20.9. The number of unbranched alkanes of at least 4 members (excludes halogenated alkanes) is 1. The second-order valence-corrected chi connectivity index (χ2v) is 19.3. The van der Waals surface area contributed by atoms with Crippen molar-refractivity contribution in [1.29, 1.82) is 0 Å². The minimum atomic E-state index is -0.495. The molecule has 1 unspecified atom stereocenters. The van der Waals surface area contributed by atoms with Gasteiger partial charge in [-0.05, 0) is 68.7 Å². The van der Waals surface area contributed by atoms with Crippen molar-refractivity contribution in [2.45, 2.75) is 134 Å². The summed E-state index contributed by atoms with van der Waals surface area (Å²) in [5.41, 5.74) is 1.82. The summed E-state index contributed by atoms with van der Waals surface area (Å²) < 4.78 is 23.6. The molecule has 3 aliphatic rings. The molecule has 0 saturated carbocycles. The van der Waals surface area contributed by atoms with Crippen LogP contribution in [0.25, 0.3) is 0 Å². The Labute approximate surface area is 366 Å². The lowest BCUT2D eigenvalue weighted by atomic mass is 9.96. The number of ketones is 1. The minimum Gasteiger partial charge on any atom is -0.462 e. The Morgan fingerprint density at radius 2 is 1.81 bits per heavy atom. The summed E-state index contributed by atoms with van der Waals surface area (Å²) >= 11 is 6.90. The number of allylic oxidation sites excluding steroid dienone is 3. The van der Waals surface area contributed by atoms with E-state index in [-0.39, 0.29) is 54.6 Å². The molecule has 16 heteroatoms. The van der Waals surface area contributed by atoms with Crippen LogP contribution < -0.4 is 16.0 Å². The van der Waals surface area contributed by atoms with Crippen LogP contribution in [0.2, 0.25) is 0 Å². The number of thiazole rings is 1. The Morgan fingerprint density at radius 1 is 1.02 bits per heavy atom. The number of aromatic nitrogens is 1. The number of hydrogen-bond donors (Lipinski definition) is 3. The zero-order chi connectivity index (χ0) is 42.6. The fourth-order valence-corrected chi connectivity index (χ4v) is 10.3. The lowest BCUT2D eigenvalue weighted by Gasteiger charge is -2.22. The summed E-state index contributed by atoms with van der Waals surface area (Å²) in [7, 11) is 0. The number of nitrogens with zero attached hydrogens (tertiary/aromatic N) is 1. The monoisotopic (exact) mass is 922 g/mol. The molecule has 3 aliphatic heterocycles. The van der Waals surface area contributed by atoms with Gasteiger partial charge in [0.1, 0.15) is 18.0 Å². The number of thioether (sulfide) groups is 1. The van der Waals surface area contributed by atoms with Crippen LogP contribution in [0.5, 0.6) is 0 Å². The maximum absolute atomic E-state index is 13.1. The number of nitrogens with one attached hydrogen (secondary N) is 3. The van der Waals surface area contributed by atoms with E-state index in [4.69, 9.17) is 23.9 Å². The predicted molar refractivity (Wildman–Crippen MR) is 235 cm³/mol. The summed E-state index contributed by atoms with van der Waals surface area (Å²) in [5.74, 6) is 0.930. The molecule has 3 N–H and O–H groups in total. The highest BCUT2D eigenvalue weighted by molar-refractivity contribution is 9.11. The van der Waals surface area contributed by atoms with Crippen LogP contribution in [0.3, 0.4) is 0 Å². The van der Waals surface area contributed by atoms with Crippen molar-refractivity contribution in [2.75, 3.05) is 45.3 Å².